The maximum atomic E-state index is 12.3. The van der Waals surface area contributed by atoms with Crippen molar-refractivity contribution in [3.63, 3.8) is 0 Å². The van der Waals surface area contributed by atoms with Crippen LogP contribution in [0, 0.1) is 0 Å². The third-order valence-electron chi connectivity index (χ3n) is 3.87. The molecule has 0 spiro atoms. The van der Waals surface area contributed by atoms with Crippen molar-refractivity contribution in [2.24, 2.45) is 5.73 Å². The van der Waals surface area contributed by atoms with E-state index in [1.807, 2.05) is 0 Å². The minimum atomic E-state index is -0.836. The molecule has 11 nitrogen and oxygen atoms in total. The van der Waals surface area contributed by atoms with E-state index in [1.54, 1.807) is 5.38 Å². The van der Waals surface area contributed by atoms with Crippen molar-refractivity contribution in [2.45, 2.75) is 0 Å². The van der Waals surface area contributed by atoms with Gasteiger partial charge in [0, 0.05) is 5.56 Å². The highest BCUT2D eigenvalue weighted by atomic mass is 32.1. The minimum absolute atomic E-state index is 0.155. The Balaban J connectivity index is 1.88. The van der Waals surface area contributed by atoms with Gasteiger partial charge in [-0.2, -0.15) is 0 Å². The van der Waals surface area contributed by atoms with E-state index in [-0.39, 0.29) is 27.6 Å². The number of anilines is 1. The summed E-state index contributed by atoms with van der Waals surface area (Å²) in [5.41, 5.74) is 5.51. The van der Waals surface area contributed by atoms with Crippen molar-refractivity contribution in [3.05, 3.63) is 34.7 Å². The molecule has 1 aromatic heterocycles. The molecular formula is C19H21N3O8S. The van der Waals surface area contributed by atoms with Crippen LogP contribution in [-0.4, -0.2) is 58.2 Å². The first-order valence-corrected chi connectivity index (χ1v) is 9.59. The Hall–Kier alpha value is -3.80. The molecule has 4 N–H and O–H groups in total. The van der Waals surface area contributed by atoms with Gasteiger partial charge in [-0.05, 0) is 23.6 Å². The average molecular weight is 451 g/mol. The van der Waals surface area contributed by atoms with Gasteiger partial charge in [-0.15, -0.1) is 11.3 Å². The summed E-state index contributed by atoms with van der Waals surface area (Å²) in [6.07, 6.45) is 0. The number of carbonyl (C=O) groups excluding carboxylic acids is 4. The van der Waals surface area contributed by atoms with Gasteiger partial charge in [0.05, 0.1) is 26.9 Å². The fourth-order valence-corrected chi connectivity index (χ4v) is 3.24. The summed E-state index contributed by atoms with van der Waals surface area (Å²) in [5, 5.41) is 6.64. The first-order chi connectivity index (χ1) is 14.8. The van der Waals surface area contributed by atoms with E-state index in [0.29, 0.717) is 5.75 Å². The number of carbonyl (C=O) groups is 4. The Labute approximate surface area is 181 Å². The highest BCUT2D eigenvalue weighted by Crippen LogP contribution is 2.38. The molecule has 1 aromatic carbocycles. The van der Waals surface area contributed by atoms with Crippen molar-refractivity contribution in [1.29, 1.82) is 0 Å². The van der Waals surface area contributed by atoms with Crippen molar-refractivity contribution in [1.82, 2.24) is 5.32 Å². The second-order valence-corrected chi connectivity index (χ2v) is 6.75. The zero-order chi connectivity index (χ0) is 23.0. The quantitative estimate of drug-likeness (QED) is 0.448. The third kappa shape index (κ3) is 6.09. The lowest BCUT2D eigenvalue weighted by Gasteiger charge is -2.14. The highest BCUT2D eigenvalue weighted by molar-refractivity contribution is 7.14. The summed E-state index contributed by atoms with van der Waals surface area (Å²) in [6, 6.07) is 4.31. The van der Waals surface area contributed by atoms with Crippen LogP contribution in [0.5, 0.6) is 17.2 Å². The minimum Gasteiger partial charge on any atom is -0.493 e. The highest BCUT2D eigenvalue weighted by Gasteiger charge is 2.18. The largest absolute Gasteiger partial charge is 0.493 e. The van der Waals surface area contributed by atoms with Gasteiger partial charge >= 0.3 is 5.97 Å². The lowest BCUT2D eigenvalue weighted by atomic mass is 10.1. The predicted octanol–water partition coefficient (Wildman–Crippen LogP) is 0.784. The van der Waals surface area contributed by atoms with Crippen LogP contribution in [0.4, 0.5) is 5.00 Å². The molecular weight excluding hydrogens is 430 g/mol. The lowest BCUT2D eigenvalue weighted by Crippen LogP contribution is -2.32. The van der Waals surface area contributed by atoms with Gasteiger partial charge < -0.3 is 35.3 Å². The van der Waals surface area contributed by atoms with Crippen LogP contribution in [0.25, 0.3) is 0 Å². The van der Waals surface area contributed by atoms with Crippen LogP contribution >= 0.6 is 11.3 Å². The fraction of sp³-hybridized carbons (Fsp3) is 0.263. The summed E-state index contributed by atoms with van der Waals surface area (Å²) in [5.74, 6) is -1.91. The monoisotopic (exact) mass is 451 g/mol. The molecule has 31 heavy (non-hydrogen) atoms. The molecule has 0 aliphatic rings. The van der Waals surface area contributed by atoms with E-state index in [0.717, 1.165) is 11.3 Å². The van der Waals surface area contributed by atoms with Crippen LogP contribution in [0.15, 0.2) is 23.6 Å². The van der Waals surface area contributed by atoms with Crippen LogP contribution < -0.4 is 30.6 Å². The van der Waals surface area contributed by atoms with E-state index in [1.165, 1.54) is 39.5 Å². The van der Waals surface area contributed by atoms with Crippen molar-refractivity contribution in [3.8, 4) is 17.2 Å². The SMILES string of the molecule is COc1cc(C(=O)NCC(=O)OCC(=O)Nc2sccc2C(N)=O)cc(OC)c1OC. The number of ether oxygens (including phenoxy) is 4. The zero-order valence-electron chi connectivity index (χ0n) is 17.0. The molecule has 1 heterocycles. The number of hydrogen-bond acceptors (Lipinski definition) is 9. The second-order valence-electron chi connectivity index (χ2n) is 5.83. The standard InChI is InChI=1S/C19H21N3O8S/c1-27-12-6-10(7-13(28-2)16(12)29-3)18(26)21-8-15(24)30-9-14(23)22-19-11(17(20)25)4-5-31-19/h4-7H,8-9H2,1-3H3,(H2,20,25)(H,21,26)(H,22,23). The predicted molar refractivity (Wildman–Crippen MR) is 111 cm³/mol. The molecule has 0 saturated heterocycles. The zero-order valence-corrected chi connectivity index (χ0v) is 17.8. The summed E-state index contributed by atoms with van der Waals surface area (Å²) < 4.78 is 20.4. The molecule has 0 saturated carbocycles. The van der Waals surface area contributed by atoms with Crippen LogP contribution in [0.1, 0.15) is 20.7 Å². The first-order valence-electron chi connectivity index (χ1n) is 8.71. The number of methoxy groups -OCH3 is 3. The lowest BCUT2D eigenvalue weighted by molar-refractivity contribution is -0.146. The summed E-state index contributed by atoms with van der Waals surface area (Å²) in [4.78, 5) is 47.3. The first kappa shape index (κ1) is 23.5. The fourth-order valence-electron chi connectivity index (χ4n) is 2.43. The van der Waals surface area contributed by atoms with Gasteiger partial charge in [0.1, 0.15) is 11.5 Å². The van der Waals surface area contributed by atoms with E-state index in [9.17, 15) is 19.2 Å². The summed E-state index contributed by atoms with van der Waals surface area (Å²) in [6.45, 7) is -1.08. The smallest absolute Gasteiger partial charge is 0.325 e. The molecule has 0 fully saturated rings. The molecule has 0 aliphatic heterocycles. The van der Waals surface area contributed by atoms with Crippen molar-refractivity contribution < 1.29 is 38.1 Å². The van der Waals surface area contributed by atoms with Gasteiger partial charge in [-0.25, -0.2) is 0 Å². The number of hydrogen-bond donors (Lipinski definition) is 3. The second kappa shape index (κ2) is 10.8. The van der Waals surface area contributed by atoms with Crippen LogP contribution in [0.2, 0.25) is 0 Å². The van der Waals surface area contributed by atoms with Gasteiger partial charge in [-0.3, -0.25) is 19.2 Å². The summed E-state index contributed by atoms with van der Waals surface area (Å²) >= 11 is 1.10. The van der Waals surface area contributed by atoms with Gasteiger partial charge in [0.25, 0.3) is 17.7 Å². The molecule has 3 amide bonds. The topological polar surface area (TPSA) is 155 Å². The van der Waals surface area contributed by atoms with Gasteiger partial charge in [-0.1, -0.05) is 0 Å². The van der Waals surface area contributed by atoms with E-state index >= 15 is 0 Å². The number of nitrogens with one attached hydrogen (secondary N) is 2. The Morgan fingerprint density at radius 2 is 1.68 bits per heavy atom. The van der Waals surface area contributed by atoms with Crippen molar-refractivity contribution in [2.75, 3.05) is 39.8 Å². The molecule has 0 unspecified atom stereocenters. The van der Waals surface area contributed by atoms with Crippen LogP contribution in [-0.2, 0) is 14.3 Å². The van der Waals surface area contributed by atoms with Crippen LogP contribution in [0.3, 0.4) is 0 Å². The average Bonchev–Trinajstić information content (AvgIpc) is 3.23. The maximum Gasteiger partial charge on any atom is 0.325 e. The van der Waals surface area contributed by atoms with E-state index in [4.69, 9.17) is 24.7 Å². The van der Waals surface area contributed by atoms with E-state index < -0.39 is 36.8 Å². The van der Waals surface area contributed by atoms with Gasteiger partial charge in [0.15, 0.2) is 18.1 Å². The number of amides is 3. The van der Waals surface area contributed by atoms with E-state index in [2.05, 4.69) is 10.6 Å². The Bertz CT molecular complexity index is 963. The molecule has 2 rings (SSSR count). The number of rotatable bonds is 10. The number of primary amides is 1. The molecule has 12 heteroatoms. The number of esters is 1. The molecule has 0 atom stereocenters. The number of nitrogens with two attached hydrogens (primary N) is 1. The normalized spacial score (nSPS) is 10.0. The third-order valence-corrected chi connectivity index (χ3v) is 4.70. The van der Waals surface area contributed by atoms with Gasteiger partial charge in [0.2, 0.25) is 5.75 Å². The Morgan fingerprint density at radius 3 is 2.23 bits per heavy atom. The molecule has 0 radical (unpaired) electrons. The summed E-state index contributed by atoms with van der Waals surface area (Å²) in [7, 11) is 4.24. The number of thiophene rings is 1. The maximum absolute atomic E-state index is 12.3. The molecule has 166 valence electrons. The van der Waals surface area contributed by atoms with Crippen molar-refractivity contribution >= 4 is 40.0 Å². The molecule has 0 bridgehead atoms. The molecule has 0 aliphatic carbocycles. The Kier molecular flexibility index (Phi) is 8.20. The Morgan fingerprint density at radius 1 is 1.03 bits per heavy atom. The number of benzene rings is 1. The molecule has 2 aromatic rings.